The van der Waals surface area contributed by atoms with Crippen molar-refractivity contribution in [2.24, 2.45) is 0 Å². The zero-order valence-electron chi connectivity index (χ0n) is 10.2. The van der Waals surface area contributed by atoms with Gasteiger partial charge >= 0.3 is 5.97 Å². The molecule has 0 aromatic rings. The van der Waals surface area contributed by atoms with Crippen LogP contribution in [0.25, 0.3) is 0 Å². The number of carboxylic acid groups (broad SMARTS) is 1. The molecule has 1 spiro atoms. The number of aliphatic hydroxyl groups is 1. The first kappa shape index (κ1) is 12.1. The molecule has 100 valence electrons. The van der Waals surface area contributed by atoms with Crippen LogP contribution in [0, 0.1) is 0 Å². The Morgan fingerprint density at radius 1 is 1.28 bits per heavy atom. The van der Waals surface area contributed by atoms with Gasteiger partial charge in [-0.3, -0.25) is 0 Å². The predicted molar refractivity (Wildman–Crippen MR) is 61.9 cm³/mol. The topological polar surface area (TPSA) is 76.0 Å². The average Bonchev–Trinajstić information content (AvgIpc) is 2.68. The molecule has 1 aliphatic heterocycles. The van der Waals surface area contributed by atoms with E-state index in [1.54, 1.807) is 6.08 Å². The lowest BCUT2D eigenvalue weighted by atomic mass is 9.92. The van der Waals surface area contributed by atoms with E-state index in [0.29, 0.717) is 0 Å². The van der Waals surface area contributed by atoms with Gasteiger partial charge in [0.1, 0.15) is 12.2 Å². The molecule has 5 heteroatoms. The number of fused-ring (bicyclic) bond motifs is 1. The summed E-state index contributed by atoms with van der Waals surface area (Å²) in [7, 11) is 0. The van der Waals surface area contributed by atoms with E-state index >= 15 is 0 Å². The maximum Gasteiger partial charge on any atom is 0.331 e. The van der Waals surface area contributed by atoms with Gasteiger partial charge in [0.25, 0.3) is 0 Å². The van der Waals surface area contributed by atoms with Crippen LogP contribution in [0.5, 0.6) is 0 Å². The largest absolute Gasteiger partial charge is 0.478 e. The van der Waals surface area contributed by atoms with E-state index in [1.165, 1.54) is 6.42 Å². The van der Waals surface area contributed by atoms with Crippen LogP contribution in [-0.4, -0.2) is 40.3 Å². The first-order valence-electron chi connectivity index (χ1n) is 6.57. The molecule has 2 N–H and O–H groups in total. The Balaban J connectivity index is 1.82. The highest BCUT2D eigenvalue weighted by Crippen LogP contribution is 2.43. The lowest BCUT2D eigenvalue weighted by Crippen LogP contribution is -2.39. The van der Waals surface area contributed by atoms with Crippen LogP contribution < -0.4 is 0 Å². The Bertz CT molecular complexity index is 383. The lowest BCUT2D eigenvalue weighted by Gasteiger charge is -2.32. The van der Waals surface area contributed by atoms with Gasteiger partial charge < -0.3 is 19.7 Å². The lowest BCUT2D eigenvalue weighted by molar-refractivity contribution is -0.197. The SMILES string of the molecule is O=C(O)C1=CC2OC3(CCCCC3)OC2C(O)C1. The quantitative estimate of drug-likeness (QED) is 0.735. The van der Waals surface area contributed by atoms with Crippen molar-refractivity contribution in [1.29, 1.82) is 0 Å². The Labute approximate surface area is 105 Å². The Hall–Kier alpha value is -0.910. The van der Waals surface area contributed by atoms with Crippen molar-refractivity contribution in [1.82, 2.24) is 0 Å². The van der Waals surface area contributed by atoms with Crippen molar-refractivity contribution in [3.05, 3.63) is 11.6 Å². The van der Waals surface area contributed by atoms with Gasteiger partial charge in [0.15, 0.2) is 5.79 Å². The molecule has 2 fully saturated rings. The minimum atomic E-state index is -0.985. The van der Waals surface area contributed by atoms with E-state index in [9.17, 15) is 9.90 Å². The highest BCUT2D eigenvalue weighted by Gasteiger charge is 2.51. The molecule has 0 amide bonds. The third-order valence-corrected chi connectivity index (χ3v) is 4.09. The van der Waals surface area contributed by atoms with Gasteiger partial charge in [0.05, 0.1) is 6.10 Å². The summed E-state index contributed by atoms with van der Waals surface area (Å²) in [4.78, 5) is 11.0. The van der Waals surface area contributed by atoms with Crippen LogP contribution >= 0.6 is 0 Å². The van der Waals surface area contributed by atoms with E-state index in [2.05, 4.69) is 0 Å². The molecule has 0 aromatic heterocycles. The zero-order chi connectivity index (χ0) is 12.8. The Kier molecular flexibility index (Phi) is 2.92. The van der Waals surface area contributed by atoms with Crippen molar-refractivity contribution in [3.63, 3.8) is 0 Å². The number of aliphatic hydroxyl groups excluding tert-OH is 1. The van der Waals surface area contributed by atoms with E-state index < -0.39 is 30.1 Å². The van der Waals surface area contributed by atoms with Gasteiger partial charge in [0.2, 0.25) is 0 Å². The zero-order valence-corrected chi connectivity index (χ0v) is 10.2. The van der Waals surface area contributed by atoms with Crippen molar-refractivity contribution < 1.29 is 24.5 Å². The van der Waals surface area contributed by atoms with Crippen LogP contribution in [0.15, 0.2) is 11.6 Å². The highest BCUT2D eigenvalue weighted by atomic mass is 16.8. The fourth-order valence-corrected chi connectivity index (χ4v) is 3.18. The number of rotatable bonds is 1. The second kappa shape index (κ2) is 4.33. The maximum absolute atomic E-state index is 11.0. The third-order valence-electron chi connectivity index (χ3n) is 4.09. The summed E-state index contributed by atoms with van der Waals surface area (Å²) in [5.74, 6) is -1.57. The molecular weight excluding hydrogens is 236 g/mol. The molecule has 3 rings (SSSR count). The average molecular weight is 254 g/mol. The maximum atomic E-state index is 11.0. The molecule has 1 heterocycles. The molecule has 5 nitrogen and oxygen atoms in total. The fraction of sp³-hybridized carbons (Fsp3) is 0.769. The summed E-state index contributed by atoms with van der Waals surface area (Å²) in [5.41, 5.74) is 0.222. The monoisotopic (exact) mass is 254 g/mol. The summed E-state index contributed by atoms with van der Waals surface area (Å²) in [6, 6.07) is 0. The molecule has 3 atom stereocenters. The number of aliphatic carboxylic acids is 1. The normalized spacial score (nSPS) is 38.3. The van der Waals surface area contributed by atoms with E-state index in [4.69, 9.17) is 14.6 Å². The number of carbonyl (C=O) groups is 1. The molecule has 3 aliphatic rings. The van der Waals surface area contributed by atoms with Crippen LogP contribution in [0.1, 0.15) is 38.5 Å². The summed E-state index contributed by atoms with van der Waals surface area (Å²) < 4.78 is 11.8. The molecule has 0 bridgehead atoms. The van der Waals surface area contributed by atoms with Crippen molar-refractivity contribution in [3.8, 4) is 0 Å². The van der Waals surface area contributed by atoms with Crippen molar-refractivity contribution in [2.45, 2.75) is 62.6 Å². The van der Waals surface area contributed by atoms with Gasteiger partial charge in [-0.15, -0.1) is 0 Å². The van der Waals surface area contributed by atoms with Gasteiger partial charge in [-0.1, -0.05) is 6.42 Å². The summed E-state index contributed by atoms with van der Waals surface area (Å²) in [6.07, 6.45) is 5.10. The van der Waals surface area contributed by atoms with Gasteiger partial charge in [-0.25, -0.2) is 4.79 Å². The second-order valence-corrected chi connectivity index (χ2v) is 5.40. The molecule has 0 aromatic carbocycles. The predicted octanol–water partition coefficient (Wildman–Crippen LogP) is 1.21. The number of ether oxygens (including phenoxy) is 2. The third kappa shape index (κ3) is 1.96. The van der Waals surface area contributed by atoms with Crippen molar-refractivity contribution in [2.75, 3.05) is 0 Å². The summed E-state index contributed by atoms with van der Waals surface area (Å²) in [6.45, 7) is 0. The smallest absolute Gasteiger partial charge is 0.331 e. The molecule has 18 heavy (non-hydrogen) atoms. The van der Waals surface area contributed by atoms with Crippen LogP contribution in [0.3, 0.4) is 0 Å². The van der Waals surface area contributed by atoms with Crippen LogP contribution in [0.4, 0.5) is 0 Å². The van der Waals surface area contributed by atoms with Crippen LogP contribution in [0.2, 0.25) is 0 Å². The number of hydrogen-bond acceptors (Lipinski definition) is 4. The summed E-state index contributed by atoms with van der Waals surface area (Å²) in [5, 5.41) is 19.0. The minimum Gasteiger partial charge on any atom is -0.478 e. The van der Waals surface area contributed by atoms with E-state index in [-0.39, 0.29) is 12.0 Å². The first-order chi connectivity index (χ1) is 8.60. The van der Waals surface area contributed by atoms with Gasteiger partial charge in [-0.05, 0) is 18.9 Å². The highest BCUT2D eigenvalue weighted by molar-refractivity contribution is 5.87. The Morgan fingerprint density at radius 3 is 2.67 bits per heavy atom. The summed E-state index contributed by atoms with van der Waals surface area (Å²) >= 11 is 0. The van der Waals surface area contributed by atoms with Gasteiger partial charge in [-0.2, -0.15) is 0 Å². The van der Waals surface area contributed by atoms with Crippen molar-refractivity contribution >= 4 is 5.97 Å². The molecule has 1 saturated carbocycles. The molecule has 3 unspecified atom stereocenters. The molecule has 2 aliphatic carbocycles. The fourth-order valence-electron chi connectivity index (χ4n) is 3.18. The molecule has 0 radical (unpaired) electrons. The van der Waals surface area contributed by atoms with Crippen LogP contribution in [-0.2, 0) is 14.3 Å². The van der Waals surface area contributed by atoms with E-state index in [0.717, 1.165) is 25.7 Å². The van der Waals surface area contributed by atoms with Gasteiger partial charge in [0, 0.05) is 24.8 Å². The second-order valence-electron chi connectivity index (χ2n) is 5.40. The molecular formula is C13H18O5. The number of hydrogen-bond donors (Lipinski definition) is 2. The molecule has 1 saturated heterocycles. The Morgan fingerprint density at radius 2 is 2.00 bits per heavy atom. The minimum absolute atomic E-state index is 0.135. The van der Waals surface area contributed by atoms with E-state index in [1.807, 2.05) is 0 Å². The standard InChI is InChI=1S/C13H18O5/c14-9-6-8(12(15)16)7-10-11(9)18-13(17-10)4-2-1-3-5-13/h7,9-11,14H,1-6H2,(H,15,16). The first-order valence-corrected chi connectivity index (χ1v) is 6.57. The number of carboxylic acids is 1.